The molecule has 2 heterocycles. The molecule has 0 atom stereocenters. The first-order valence-electron chi connectivity index (χ1n) is 19.8. The monoisotopic (exact) mass is 1000 g/mol. The normalized spacial score (nSPS) is 12.3. The number of carbonyl (C=O) groups is 8. The van der Waals surface area contributed by atoms with Crippen molar-refractivity contribution in [1.82, 2.24) is 20.4 Å². The Bertz CT molecular complexity index is 2410. The third-order valence-electron chi connectivity index (χ3n) is 9.51. The second kappa shape index (κ2) is 24.4. The minimum absolute atomic E-state index is 0. The van der Waals surface area contributed by atoms with Gasteiger partial charge in [-0.1, -0.05) is 42.0 Å². The fraction of sp³-hybridized carbons (Fsp3) is 0.271. The van der Waals surface area contributed by atoms with Gasteiger partial charge in [-0.25, -0.2) is 0 Å². The van der Waals surface area contributed by atoms with Gasteiger partial charge in [0, 0.05) is 94.4 Å². The van der Waals surface area contributed by atoms with Crippen molar-refractivity contribution in [3.63, 3.8) is 0 Å². The molecule has 13 nitrogen and oxygen atoms in total. The average molecular weight is 1000 g/mol. The summed E-state index contributed by atoms with van der Waals surface area (Å²) in [5.74, 6) is -4.59. The van der Waals surface area contributed by atoms with Gasteiger partial charge in [0.15, 0.2) is 0 Å². The molecule has 0 saturated heterocycles. The van der Waals surface area contributed by atoms with Crippen molar-refractivity contribution < 1.29 is 104 Å². The predicted octanol–water partition coefficient (Wildman–Crippen LogP) is 7.66. The predicted molar refractivity (Wildman–Crippen MR) is 232 cm³/mol. The number of imide groups is 2. The standard InChI is InChI=1S/C42H38N5O8.2C3H7.2Y/c1-21(2)46-39(52)30-12-8-26(18-34(30)41(46)54)14-24-7-11-29(32(16-24)23(5)48)37(50)44-20-45-38(51)33-17-25(6-10-28(33)36(43)49)15-27-9-13-31-35(19-27)42(55)47(22(3)4)40(31)53;2*1-3-2;;/h6-13,16-19,21-22H,5,14-15,20H2,1-4H3,(H4,43,44,45,49,50,51);2*3H,1-2H3;;/q3*-1;;/p-1. The second-order valence-corrected chi connectivity index (χ2v) is 15.1. The van der Waals surface area contributed by atoms with Crippen molar-refractivity contribution in [3.8, 4) is 0 Å². The van der Waals surface area contributed by atoms with Crippen LogP contribution in [0.3, 0.4) is 0 Å². The third-order valence-corrected chi connectivity index (χ3v) is 9.51. The number of fused-ring (bicyclic) bond motifs is 2. The molecule has 0 spiro atoms. The molecule has 3 N–H and O–H groups in total. The Morgan fingerprint density at radius 1 is 0.540 bits per heavy atom. The summed E-state index contributed by atoms with van der Waals surface area (Å²) in [5.41, 5.74) is 11.3. The first-order valence-corrected chi connectivity index (χ1v) is 19.8. The summed E-state index contributed by atoms with van der Waals surface area (Å²) in [6.07, 6.45) is 4.55. The average Bonchev–Trinajstić information content (AvgIpc) is 3.61. The molecule has 2 radical (unpaired) electrons. The molecule has 0 unspecified atom stereocenters. The Balaban J connectivity index is 0.00000161. The molecule has 2 aliphatic heterocycles. The minimum Gasteiger partial charge on any atom is -0.664 e. The van der Waals surface area contributed by atoms with E-state index in [0.717, 1.165) is 5.56 Å². The van der Waals surface area contributed by atoms with E-state index in [-0.39, 0.29) is 142 Å². The fourth-order valence-electron chi connectivity index (χ4n) is 6.86. The zero-order valence-corrected chi connectivity index (χ0v) is 42.6. The number of hydrogen-bond donors (Lipinski definition) is 2. The summed E-state index contributed by atoms with van der Waals surface area (Å²) in [6.45, 7) is 18.1. The summed E-state index contributed by atoms with van der Waals surface area (Å²) in [4.78, 5) is 105. The number of hydrogen-bond acceptors (Lipinski definition) is 8. The van der Waals surface area contributed by atoms with Gasteiger partial charge in [-0.05, 0) is 93.1 Å². The van der Waals surface area contributed by atoms with Crippen LogP contribution in [-0.2, 0) is 78.3 Å². The first kappa shape index (κ1) is 54.5. The summed E-state index contributed by atoms with van der Waals surface area (Å²) >= 11 is 0. The zero-order chi connectivity index (χ0) is 45.3. The Morgan fingerprint density at radius 2 is 0.873 bits per heavy atom. The van der Waals surface area contributed by atoms with Gasteiger partial charge in [0.05, 0.1) is 34.8 Å². The van der Waals surface area contributed by atoms with Gasteiger partial charge in [0.2, 0.25) is 5.91 Å². The number of amides is 7. The van der Waals surface area contributed by atoms with Crippen molar-refractivity contribution in [1.29, 1.82) is 0 Å². The zero-order valence-electron chi connectivity index (χ0n) is 36.9. The van der Waals surface area contributed by atoms with Crippen LogP contribution in [0.4, 0.5) is 0 Å². The fourth-order valence-corrected chi connectivity index (χ4v) is 6.86. The van der Waals surface area contributed by atoms with Crippen molar-refractivity contribution >= 4 is 47.1 Å². The molecule has 7 amide bonds. The number of nitrogens with zero attached hydrogens (tertiary/aromatic N) is 2. The molecular formula is C48H51N5O8Y2-4. The van der Waals surface area contributed by atoms with Gasteiger partial charge in [-0.2, -0.15) is 34.6 Å². The molecule has 0 saturated carbocycles. The number of carbonyl (C=O) groups excluding carboxylic acids is 8. The van der Waals surface area contributed by atoms with Crippen LogP contribution in [0.5, 0.6) is 0 Å². The molecule has 63 heavy (non-hydrogen) atoms. The summed E-state index contributed by atoms with van der Waals surface area (Å²) in [5, 5.41) is 5.07. The smallest absolute Gasteiger partial charge is 0.261 e. The van der Waals surface area contributed by atoms with Crippen LogP contribution in [0.15, 0.2) is 72.8 Å². The Labute approximate surface area is 419 Å². The Hall–Kier alpha value is -4.68. The van der Waals surface area contributed by atoms with E-state index in [9.17, 15) is 38.4 Å². The van der Waals surface area contributed by atoms with Crippen molar-refractivity contribution in [2.24, 2.45) is 0 Å². The number of benzene rings is 4. The molecule has 0 aromatic heterocycles. The van der Waals surface area contributed by atoms with E-state index in [0.29, 0.717) is 39.8 Å². The number of Topliss-reactive ketones (excluding diaryl/α,β-unsaturated/α-hetero) is 1. The van der Waals surface area contributed by atoms with Crippen molar-refractivity contribution in [2.45, 2.75) is 80.3 Å². The van der Waals surface area contributed by atoms with Crippen LogP contribution in [0.2, 0.25) is 0 Å². The molecule has 0 aliphatic carbocycles. The molecular weight excluding hydrogens is 952 g/mol. The van der Waals surface area contributed by atoms with Gasteiger partial charge in [-0.15, -0.1) is 11.6 Å². The topological polar surface area (TPSA) is 191 Å². The molecule has 4 aromatic carbocycles. The number of ketones is 1. The van der Waals surface area contributed by atoms with E-state index in [1.807, 2.05) is 40.5 Å². The van der Waals surface area contributed by atoms with Crippen LogP contribution < -0.4 is 10.6 Å². The quantitative estimate of drug-likeness (QED) is 0.0626. The number of rotatable bonds is 12. The number of nitrogens with one attached hydrogen (secondary N) is 3. The molecule has 6 rings (SSSR count). The van der Waals surface area contributed by atoms with Crippen LogP contribution >= 0.6 is 0 Å². The Morgan fingerprint density at radius 3 is 1.25 bits per heavy atom. The van der Waals surface area contributed by atoms with Crippen LogP contribution in [0.25, 0.3) is 5.73 Å². The maximum Gasteiger partial charge on any atom is 0.261 e. The van der Waals surface area contributed by atoms with Gasteiger partial charge >= 0.3 is 0 Å². The largest absolute Gasteiger partial charge is 0.664 e. The summed E-state index contributed by atoms with van der Waals surface area (Å²) in [6, 6.07) is 18.4. The van der Waals surface area contributed by atoms with Gasteiger partial charge in [0.25, 0.3) is 29.5 Å². The van der Waals surface area contributed by atoms with Crippen LogP contribution in [0.1, 0.15) is 161 Å². The van der Waals surface area contributed by atoms with E-state index in [1.54, 1.807) is 76.2 Å². The van der Waals surface area contributed by atoms with Crippen LogP contribution in [-0.4, -0.2) is 75.7 Å². The van der Waals surface area contributed by atoms with Crippen LogP contribution in [0, 0.1) is 19.8 Å². The van der Waals surface area contributed by atoms with E-state index in [2.05, 4.69) is 17.6 Å². The van der Waals surface area contributed by atoms with Gasteiger partial charge < -0.3 is 38.8 Å². The Kier molecular flexibility index (Phi) is 21.1. The molecule has 0 bridgehead atoms. The first-order chi connectivity index (χ1) is 28.9. The maximum atomic E-state index is 13.3. The second-order valence-electron chi connectivity index (χ2n) is 15.1. The van der Waals surface area contributed by atoms with Gasteiger partial charge in [0.1, 0.15) is 0 Å². The molecule has 4 aromatic rings. The molecule has 15 heteroatoms. The third kappa shape index (κ3) is 12.7. The molecule has 0 fully saturated rings. The minimum atomic E-state index is -1.09. The van der Waals surface area contributed by atoms with Crippen molar-refractivity contribution in [2.75, 3.05) is 6.67 Å². The summed E-state index contributed by atoms with van der Waals surface area (Å²) in [7, 11) is 0. The summed E-state index contributed by atoms with van der Waals surface area (Å²) < 4.78 is 0. The molecule has 2 aliphatic rings. The van der Waals surface area contributed by atoms with Crippen molar-refractivity contribution in [3.05, 3.63) is 165 Å². The molecule has 326 valence electrons. The SMILES string of the molecule is C[CH-]C.C[CH-]C.[CH2-]C(=O)c1cc(Cc2ccc3c(c2)C(=O)N(C(C)C)C3=O)ccc1C(=O)NCNC(=O)c1cc(Cc2ccc3c(c2)C(=O)N(C(C)C)C3=O)ccc1C([NH-])=O.[Y].[Y]. The van der Waals surface area contributed by atoms with E-state index >= 15 is 0 Å². The maximum absolute atomic E-state index is 13.3. The van der Waals surface area contributed by atoms with E-state index in [1.165, 1.54) is 34.1 Å². The van der Waals surface area contributed by atoms with Gasteiger partial charge in [-0.3, -0.25) is 38.6 Å². The van der Waals surface area contributed by atoms with E-state index in [4.69, 9.17) is 5.73 Å². The van der Waals surface area contributed by atoms with E-state index < -0.39 is 23.5 Å².